The minimum Gasteiger partial charge on any atom is -0.508 e. The Hall–Kier alpha value is -2.80. The average Bonchev–Trinajstić information content (AvgIpc) is 2.61. The molecule has 3 rings (SSSR count). The Balaban J connectivity index is 1.85. The summed E-state index contributed by atoms with van der Waals surface area (Å²) in [4.78, 5) is 13.4. The number of nitroso groups, excluding NO2 is 1. The summed E-state index contributed by atoms with van der Waals surface area (Å²) in [6.45, 7) is 5.55. The van der Waals surface area contributed by atoms with Gasteiger partial charge in [0.1, 0.15) is 17.2 Å². The summed E-state index contributed by atoms with van der Waals surface area (Å²) in [5, 5.41) is 29.0. The minimum atomic E-state index is -0.225. The van der Waals surface area contributed by atoms with Gasteiger partial charge in [-0.25, -0.2) is 0 Å². The third-order valence-electron chi connectivity index (χ3n) is 4.36. The minimum absolute atomic E-state index is 0.00745. The summed E-state index contributed by atoms with van der Waals surface area (Å²) in [7, 11) is 0. The highest BCUT2D eigenvalue weighted by Gasteiger charge is 2.15. The molecular formula is C18H22N4O3. The number of rotatable bonds is 5. The van der Waals surface area contributed by atoms with E-state index < -0.39 is 0 Å². The first kappa shape index (κ1) is 17.0. The molecule has 0 bridgehead atoms. The van der Waals surface area contributed by atoms with Gasteiger partial charge in [0.15, 0.2) is 0 Å². The second-order valence-corrected chi connectivity index (χ2v) is 6.18. The molecule has 1 unspecified atom stereocenters. The molecule has 0 aromatic heterocycles. The first-order valence-electron chi connectivity index (χ1n) is 8.29. The first-order valence-corrected chi connectivity index (χ1v) is 8.29. The van der Waals surface area contributed by atoms with Crippen molar-refractivity contribution >= 4 is 17.1 Å². The van der Waals surface area contributed by atoms with Gasteiger partial charge in [0, 0.05) is 44.0 Å². The highest BCUT2D eigenvalue weighted by Crippen LogP contribution is 2.34. The van der Waals surface area contributed by atoms with Crippen molar-refractivity contribution in [2.24, 2.45) is 5.18 Å². The van der Waals surface area contributed by atoms with Gasteiger partial charge in [0.05, 0.1) is 5.69 Å². The lowest BCUT2D eigenvalue weighted by molar-refractivity contribution is 0.448. The fourth-order valence-corrected chi connectivity index (χ4v) is 3.02. The van der Waals surface area contributed by atoms with Gasteiger partial charge in [0.25, 0.3) is 0 Å². The normalized spacial score (nSPS) is 15.6. The average molecular weight is 342 g/mol. The van der Waals surface area contributed by atoms with Gasteiger partial charge in [-0.2, -0.15) is 0 Å². The van der Waals surface area contributed by atoms with Crippen molar-refractivity contribution in [3.63, 3.8) is 0 Å². The van der Waals surface area contributed by atoms with Gasteiger partial charge < -0.3 is 25.7 Å². The van der Waals surface area contributed by atoms with E-state index in [4.69, 9.17) is 0 Å². The molecule has 25 heavy (non-hydrogen) atoms. The molecule has 1 aliphatic rings. The molecule has 0 spiro atoms. The molecule has 1 fully saturated rings. The first-order chi connectivity index (χ1) is 12.1. The summed E-state index contributed by atoms with van der Waals surface area (Å²) < 4.78 is 0. The monoisotopic (exact) mass is 342 g/mol. The van der Waals surface area contributed by atoms with Crippen LogP contribution in [0.15, 0.2) is 41.6 Å². The van der Waals surface area contributed by atoms with Crippen molar-refractivity contribution in [3.05, 3.63) is 46.9 Å². The maximum absolute atomic E-state index is 11.1. The largest absolute Gasteiger partial charge is 0.508 e. The number of hydrogen-bond acceptors (Lipinski definition) is 7. The molecule has 2 aromatic rings. The van der Waals surface area contributed by atoms with Crippen LogP contribution in [0.2, 0.25) is 0 Å². The third-order valence-corrected chi connectivity index (χ3v) is 4.36. The second kappa shape index (κ2) is 7.40. The number of aromatic hydroxyl groups is 2. The van der Waals surface area contributed by atoms with Gasteiger partial charge >= 0.3 is 0 Å². The van der Waals surface area contributed by atoms with Gasteiger partial charge in [-0.05, 0) is 48.0 Å². The lowest BCUT2D eigenvalue weighted by Gasteiger charge is -2.30. The van der Waals surface area contributed by atoms with Crippen LogP contribution in [0.1, 0.15) is 18.5 Å². The quantitative estimate of drug-likeness (QED) is 0.624. The zero-order chi connectivity index (χ0) is 17.8. The van der Waals surface area contributed by atoms with E-state index in [1.54, 1.807) is 18.2 Å². The van der Waals surface area contributed by atoms with E-state index in [1.807, 2.05) is 19.1 Å². The predicted molar refractivity (Wildman–Crippen MR) is 98.8 cm³/mol. The van der Waals surface area contributed by atoms with Crippen LogP contribution in [-0.2, 0) is 0 Å². The summed E-state index contributed by atoms with van der Waals surface area (Å²) in [6, 6.07) is 9.73. The van der Waals surface area contributed by atoms with E-state index in [2.05, 4.69) is 20.7 Å². The van der Waals surface area contributed by atoms with Crippen molar-refractivity contribution < 1.29 is 10.2 Å². The number of nitrogens with one attached hydrogen (secondary N) is 2. The zero-order valence-corrected chi connectivity index (χ0v) is 14.1. The highest BCUT2D eigenvalue weighted by molar-refractivity contribution is 5.72. The molecule has 1 heterocycles. The van der Waals surface area contributed by atoms with E-state index in [1.165, 1.54) is 6.07 Å². The molecular weight excluding hydrogens is 320 g/mol. The van der Waals surface area contributed by atoms with E-state index in [0.717, 1.165) is 31.9 Å². The van der Waals surface area contributed by atoms with Crippen LogP contribution in [0.4, 0.5) is 17.1 Å². The number of benzene rings is 2. The van der Waals surface area contributed by atoms with Gasteiger partial charge in [-0.15, -0.1) is 4.91 Å². The summed E-state index contributed by atoms with van der Waals surface area (Å²) >= 11 is 0. The van der Waals surface area contributed by atoms with Crippen molar-refractivity contribution in [1.29, 1.82) is 0 Å². The molecule has 0 saturated carbocycles. The van der Waals surface area contributed by atoms with Crippen LogP contribution in [0.5, 0.6) is 11.5 Å². The molecule has 1 aliphatic heterocycles. The topological polar surface area (TPSA) is 97.2 Å². The van der Waals surface area contributed by atoms with E-state index in [-0.39, 0.29) is 17.5 Å². The van der Waals surface area contributed by atoms with Crippen LogP contribution in [0.25, 0.3) is 0 Å². The van der Waals surface area contributed by atoms with Crippen LogP contribution >= 0.6 is 0 Å². The summed E-state index contributed by atoms with van der Waals surface area (Å²) in [6.07, 6.45) is 0. The predicted octanol–water partition coefficient (Wildman–Crippen LogP) is 3.08. The van der Waals surface area contributed by atoms with E-state index in [0.29, 0.717) is 16.9 Å². The molecule has 7 heteroatoms. The standard InChI is InChI=1S/C18H22N4O3/c1-12(13-8-15(23)11-16(24)9-13)20-18-10-14(2-3-17(18)21-25)22-6-4-19-5-7-22/h2-3,8-12,19-20,23-24H,4-7H2,1H3. The molecule has 1 saturated heterocycles. The molecule has 4 N–H and O–H groups in total. The van der Waals surface area contributed by atoms with Crippen molar-refractivity contribution in [2.75, 3.05) is 36.4 Å². The third kappa shape index (κ3) is 4.00. The van der Waals surface area contributed by atoms with Crippen molar-refractivity contribution in [2.45, 2.75) is 13.0 Å². The number of anilines is 2. The highest BCUT2D eigenvalue weighted by atomic mass is 16.3. The lowest BCUT2D eigenvalue weighted by atomic mass is 10.1. The fraction of sp³-hybridized carbons (Fsp3) is 0.333. The smallest absolute Gasteiger partial charge is 0.131 e. The van der Waals surface area contributed by atoms with E-state index in [9.17, 15) is 15.1 Å². The van der Waals surface area contributed by atoms with Crippen LogP contribution < -0.4 is 15.5 Å². The van der Waals surface area contributed by atoms with Crippen LogP contribution in [0.3, 0.4) is 0 Å². The molecule has 0 radical (unpaired) electrons. The maximum Gasteiger partial charge on any atom is 0.131 e. The van der Waals surface area contributed by atoms with Gasteiger partial charge in [-0.1, -0.05) is 0 Å². The number of nitrogens with zero attached hydrogens (tertiary/aromatic N) is 2. The zero-order valence-electron chi connectivity index (χ0n) is 14.1. The van der Waals surface area contributed by atoms with Gasteiger partial charge in [-0.3, -0.25) is 0 Å². The summed E-state index contributed by atoms with van der Waals surface area (Å²) in [5.74, 6) is -0.0149. The molecule has 0 amide bonds. The fourth-order valence-electron chi connectivity index (χ4n) is 3.02. The Morgan fingerprint density at radius 2 is 1.80 bits per heavy atom. The SMILES string of the molecule is CC(Nc1cc(N2CCNCC2)ccc1N=O)c1cc(O)cc(O)c1. The number of phenolic OH excluding ortho intramolecular Hbond substituents is 2. The van der Waals surface area contributed by atoms with Crippen molar-refractivity contribution in [1.82, 2.24) is 5.32 Å². The number of piperazine rings is 1. The second-order valence-electron chi connectivity index (χ2n) is 6.18. The number of phenols is 2. The Bertz CT molecular complexity index is 740. The van der Waals surface area contributed by atoms with Gasteiger partial charge in [0.2, 0.25) is 0 Å². The maximum atomic E-state index is 11.1. The molecule has 1 atom stereocenters. The molecule has 132 valence electrons. The van der Waals surface area contributed by atoms with Crippen LogP contribution in [0, 0.1) is 4.91 Å². The lowest BCUT2D eigenvalue weighted by Crippen LogP contribution is -2.43. The Kier molecular flexibility index (Phi) is 5.04. The Morgan fingerprint density at radius 3 is 2.44 bits per heavy atom. The van der Waals surface area contributed by atoms with Crippen LogP contribution in [-0.4, -0.2) is 36.4 Å². The van der Waals surface area contributed by atoms with E-state index >= 15 is 0 Å². The molecule has 7 nitrogen and oxygen atoms in total. The number of hydrogen-bond donors (Lipinski definition) is 4. The summed E-state index contributed by atoms with van der Waals surface area (Å²) in [5.41, 5.74) is 2.70. The van der Waals surface area contributed by atoms with Crippen molar-refractivity contribution in [3.8, 4) is 11.5 Å². The Morgan fingerprint density at radius 1 is 1.12 bits per heavy atom. The Labute approximate surface area is 146 Å². The molecule has 2 aromatic carbocycles. The molecule has 0 aliphatic carbocycles.